The largest absolute Gasteiger partial charge is 0.457 e. The predicted molar refractivity (Wildman–Crippen MR) is 95.0 cm³/mol. The number of halogens is 2. The number of benzene rings is 2. The molecule has 1 saturated heterocycles. The van der Waals surface area contributed by atoms with E-state index in [1.165, 1.54) is 40.7 Å². The van der Waals surface area contributed by atoms with Crippen LogP contribution in [-0.4, -0.2) is 31.8 Å². The summed E-state index contributed by atoms with van der Waals surface area (Å²) in [6.07, 6.45) is 1.60. The van der Waals surface area contributed by atoms with E-state index in [1.807, 2.05) is 0 Å². The van der Waals surface area contributed by atoms with Crippen molar-refractivity contribution >= 4 is 27.6 Å². The van der Waals surface area contributed by atoms with E-state index < -0.39 is 21.8 Å². The zero-order valence-corrected chi connectivity index (χ0v) is 15.4. The Hall–Kier alpha value is -1.96. The maximum Gasteiger partial charge on any atom is 0.338 e. The van der Waals surface area contributed by atoms with Gasteiger partial charge < -0.3 is 4.74 Å². The molecule has 0 radical (unpaired) electrons. The number of esters is 1. The molecule has 26 heavy (non-hydrogen) atoms. The lowest BCUT2D eigenvalue weighted by Gasteiger charge is -2.17. The van der Waals surface area contributed by atoms with E-state index in [0.717, 1.165) is 12.8 Å². The summed E-state index contributed by atoms with van der Waals surface area (Å²) in [6.45, 7) is 0.757. The quantitative estimate of drug-likeness (QED) is 0.723. The lowest BCUT2D eigenvalue weighted by atomic mass is 10.2. The van der Waals surface area contributed by atoms with Crippen LogP contribution in [0.2, 0.25) is 5.02 Å². The number of hydrogen-bond donors (Lipinski definition) is 0. The fourth-order valence-electron chi connectivity index (χ4n) is 2.75. The van der Waals surface area contributed by atoms with Crippen molar-refractivity contribution in [1.82, 2.24) is 4.31 Å². The number of hydrogen-bond acceptors (Lipinski definition) is 4. The van der Waals surface area contributed by atoms with Crippen molar-refractivity contribution in [2.75, 3.05) is 13.1 Å². The molecule has 5 nitrogen and oxygen atoms in total. The minimum atomic E-state index is -3.75. The minimum Gasteiger partial charge on any atom is -0.457 e. The van der Waals surface area contributed by atoms with E-state index in [9.17, 15) is 17.6 Å². The second-order valence-electron chi connectivity index (χ2n) is 5.96. The maximum atomic E-state index is 13.2. The van der Waals surface area contributed by atoms with Crippen LogP contribution < -0.4 is 0 Å². The summed E-state index contributed by atoms with van der Waals surface area (Å²) in [7, 11) is -3.75. The van der Waals surface area contributed by atoms with Crippen LogP contribution >= 0.6 is 11.6 Å². The molecule has 1 aliphatic heterocycles. The summed E-state index contributed by atoms with van der Waals surface area (Å²) in [6, 6.07) is 9.69. The third kappa shape index (κ3) is 4.06. The van der Waals surface area contributed by atoms with Gasteiger partial charge in [-0.15, -0.1) is 0 Å². The summed E-state index contributed by atoms with van der Waals surface area (Å²) < 4.78 is 45.1. The first kappa shape index (κ1) is 18.8. The fourth-order valence-corrected chi connectivity index (χ4v) is 4.77. The van der Waals surface area contributed by atoms with Gasteiger partial charge in [0, 0.05) is 13.1 Å². The Labute approximate surface area is 156 Å². The molecular weight excluding hydrogens is 381 g/mol. The molecule has 0 unspecified atom stereocenters. The number of sulfonamides is 1. The van der Waals surface area contributed by atoms with Crippen molar-refractivity contribution in [3.05, 3.63) is 64.4 Å². The Balaban J connectivity index is 1.79. The van der Waals surface area contributed by atoms with Gasteiger partial charge in [-0.1, -0.05) is 23.7 Å². The first-order valence-electron chi connectivity index (χ1n) is 8.09. The van der Waals surface area contributed by atoms with Gasteiger partial charge in [-0.3, -0.25) is 0 Å². The second-order valence-corrected chi connectivity index (χ2v) is 8.28. The highest BCUT2D eigenvalue weighted by molar-refractivity contribution is 7.89. The van der Waals surface area contributed by atoms with Gasteiger partial charge in [-0.25, -0.2) is 17.6 Å². The fraction of sp³-hybridized carbons (Fsp3) is 0.278. The number of carbonyl (C=O) groups excluding carboxylic acids is 1. The van der Waals surface area contributed by atoms with E-state index in [1.54, 1.807) is 6.07 Å². The van der Waals surface area contributed by atoms with Crippen molar-refractivity contribution in [3.63, 3.8) is 0 Å². The Morgan fingerprint density at radius 2 is 1.88 bits per heavy atom. The van der Waals surface area contributed by atoms with Crippen LogP contribution in [0.4, 0.5) is 4.39 Å². The number of carbonyl (C=O) groups is 1. The van der Waals surface area contributed by atoms with Gasteiger partial charge >= 0.3 is 5.97 Å². The van der Waals surface area contributed by atoms with Crippen molar-refractivity contribution in [2.24, 2.45) is 0 Å². The molecule has 0 saturated carbocycles. The SMILES string of the molecule is O=C(OCc1cccc(F)c1)c1ccc(Cl)c(S(=O)(=O)N2CCCC2)c1. The Kier molecular flexibility index (Phi) is 5.60. The summed E-state index contributed by atoms with van der Waals surface area (Å²) in [5, 5.41) is 0.0542. The molecule has 0 atom stereocenters. The third-order valence-corrected chi connectivity index (χ3v) is 6.49. The van der Waals surface area contributed by atoms with Gasteiger partial charge in [0.25, 0.3) is 0 Å². The third-order valence-electron chi connectivity index (χ3n) is 4.11. The number of rotatable bonds is 5. The van der Waals surface area contributed by atoms with Crippen LogP contribution in [0.1, 0.15) is 28.8 Å². The van der Waals surface area contributed by atoms with Crippen molar-refractivity contribution in [2.45, 2.75) is 24.3 Å². The molecule has 3 rings (SSSR count). The van der Waals surface area contributed by atoms with E-state index in [0.29, 0.717) is 18.7 Å². The molecule has 1 fully saturated rings. The molecule has 2 aromatic carbocycles. The minimum absolute atomic E-state index is 0.0542. The molecule has 0 N–H and O–H groups in total. The van der Waals surface area contributed by atoms with Gasteiger partial charge in [0.15, 0.2) is 0 Å². The van der Waals surface area contributed by atoms with E-state index in [4.69, 9.17) is 16.3 Å². The van der Waals surface area contributed by atoms with Crippen molar-refractivity contribution in [3.8, 4) is 0 Å². The summed E-state index contributed by atoms with van der Waals surface area (Å²) in [4.78, 5) is 12.1. The van der Waals surface area contributed by atoms with E-state index in [2.05, 4.69) is 0 Å². The molecule has 1 heterocycles. The molecule has 1 aliphatic rings. The van der Waals surface area contributed by atoms with Crippen LogP contribution in [0.15, 0.2) is 47.4 Å². The highest BCUT2D eigenvalue weighted by atomic mass is 35.5. The smallest absolute Gasteiger partial charge is 0.338 e. The molecule has 0 bridgehead atoms. The highest BCUT2D eigenvalue weighted by Gasteiger charge is 2.29. The molecule has 2 aromatic rings. The molecule has 0 aliphatic carbocycles. The Morgan fingerprint density at radius 1 is 1.15 bits per heavy atom. The van der Waals surface area contributed by atoms with Crippen molar-refractivity contribution in [1.29, 1.82) is 0 Å². The van der Waals surface area contributed by atoms with Gasteiger partial charge in [0.2, 0.25) is 10.0 Å². The van der Waals surface area contributed by atoms with Crippen LogP contribution in [0, 0.1) is 5.82 Å². The average molecular weight is 398 g/mol. The van der Waals surface area contributed by atoms with Gasteiger partial charge in [0.1, 0.15) is 17.3 Å². The second kappa shape index (κ2) is 7.73. The average Bonchev–Trinajstić information content (AvgIpc) is 3.15. The van der Waals surface area contributed by atoms with Crippen LogP contribution in [-0.2, 0) is 21.4 Å². The molecule has 0 aromatic heterocycles. The van der Waals surface area contributed by atoms with Gasteiger partial charge in [-0.2, -0.15) is 4.31 Å². The number of nitrogens with zero attached hydrogens (tertiary/aromatic N) is 1. The Bertz CT molecular complexity index is 927. The monoisotopic (exact) mass is 397 g/mol. The lowest BCUT2D eigenvalue weighted by molar-refractivity contribution is 0.0472. The molecule has 0 spiro atoms. The van der Waals surface area contributed by atoms with Crippen LogP contribution in [0.25, 0.3) is 0 Å². The normalized spacial score (nSPS) is 15.2. The van der Waals surface area contributed by atoms with Crippen LogP contribution in [0.3, 0.4) is 0 Å². The van der Waals surface area contributed by atoms with Gasteiger partial charge in [-0.05, 0) is 48.7 Å². The van der Waals surface area contributed by atoms with Gasteiger partial charge in [0.05, 0.1) is 10.6 Å². The van der Waals surface area contributed by atoms with Crippen LogP contribution in [0.5, 0.6) is 0 Å². The van der Waals surface area contributed by atoms with E-state index >= 15 is 0 Å². The summed E-state index contributed by atoms with van der Waals surface area (Å²) >= 11 is 6.05. The standard InChI is InChI=1S/C18H17ClFNO4S/c19-16-7-6-14(11-17(16)26(23,24)21-8-1-2-9-21)18(22)25-12-13-4-3-5-15(20)10-13/h3-7,10-11H,1-2,8-9,12H2. The zero-order valence-electron chi connectivity index (χ0n) is 13.8. The first-order valence-corrected chi connectivity index (χ1v) is 9.91. The first-order chi connectivity index (χ1) is 12.4. The summed E-state index contributed by atoms with van der Waals surface area (Å²) in [5.41, 5.74) is 0.570. The molecule has 0 amide bonds. The maximum absolute atomic E-state index is 13.2. The topological polar surface area (TPSA) is 63.7 Å². The van der Waals surface area contributed by atoms with E-state index in [-0.39, 0.29) is 22.1 Å². The van der Waals surface area contributed by atoms with Crippen molar-refractivity contribution < 1.29 is 22.3 Å². The highest BCUT2D eigenvalue weighted by Crippen LogP contribution is 2.28. The molecule has 138 valence electrons. The molecular formula is C18H17ClFNO4S. The predicted octanol–water partition coefficient (Wildman–Crippen LogP) is 3.62. The lowest BCUT2D eigenvalue weighted by Crippen LogP contribution is -2.28. The summed E-state index contributed by atoms with van der Waals surface area (Å²) in [5.74, 6) is -1.13. The zero-order chi connectivity index (χ0) is 18.7. The molecule has 8 heteroatoms. The number of ether oxygens (including phenoxy) is 1. The Morgan fingerprint density at radius 3 is 2.58 bits per heavy atom.